The molecule has 3 aromatic rings. The first-order valence-electron chi connectivity index (χ1n) is 10.3. The van der Waals surface area contributed by atoms with Crippen LogP contribution in [0.15, 0.2) is 77.5 Å². The average Bonchev–Trinajstić information content (AvgIpc) is 3.04. The smallest absolute Gasteiger partial charge is 0.283 e. The van der Waals surface area contributed by atoms with Gasteiger partial charge in [-0.25, -0.2) is 4.90 Å². The zero-order valence-electron chi connectivity index (χ0n) is 17.9. The maximum Gasteiger partial charge on any atom is 0.283 e. The first-order chi connectivity index (χ1) is 16.3. The van der Waals surface area contributed by atoms with E-state index in [1.54, 1.807) is 42.5 Å². The number of rotatable bonds is 6. The number of amides is 3. The SMILES string of the molecule is CCc1ccc(N2C(=O)C(Cl)=C(Nc3cccc(C(=O)Nc4ccc(Cl)cc4Cl)c3)C2=O)cc1. The summed E-state index contributed by atoms with van der Waals surface area (Å²) in [7, 11) is 0. The fraction of sp³-hybridized carbons (Fsp3) is 0.0800. The summed E-state index contributed by atoms with van der Waals surface area (Å²) >= 11 is 18.2. The fourth-order valence-corrected chi connectivity index (χ4v) is 4.06. The first-order valence-corrected chi connectivity index (χ1v) is 11.4. The van der Waals surface area contributed by atoms with Crippen molar-refractivity contribution >= 4 is 69.6 Å². The Hall–Kier alpha value is -3.32. The minimum Gasteiger partial charge on any atom is -0.350 e. The van der Waals surface area contributed by atoms with Crippen LogP contribution < -0.4 is 15.5 Å². The van der Waals surface area contributed by atoms with Crippen LogP contribution in [0.1, 0.15) is 22.8 Å². The zero-order chi connectivity index (χ0) is 24.4. The number of nitrogens with zero attached hydrogens (tertiary/aromatic N) is 1. The van der Waals surface area contributed by atoms with Crippen molar-refractivity contribution in [3.8, 4) is 0 Å². The Morgan fingerprint density at radius 3 is 2.32 bits per heavy atom. The molecule has 2 N–H and O–H groups in total. The Balaban J connectivity index is 1.53. The van der Waals surface area contributed by atoms with Crippen LogP contribution in [0.2, 0.25) is 10.0 Å². The van der Waals surface area contributed by atoms with Crippen molar-refractivity contribution in [2.75, 3.05) is 15.5 Å². The van der Waals surface area contributed by atoms with Gasteiger partial charge in [0.2, 0.25) is 0 Å². The summed E-state index contributed by atoms with van der Waals surface area (Å²) in [5, 5.41) is 6.12. The summed E-state index contributed by atoms with van der Waals surface area (Å²) < 4.78 is 0. The van der Waals surface area contributed by atoms with E-state index in [1.165, 1.54) is 12.1 Å². The number of carbonyl (C=O) groups is 3. The number of halogens is 3. The van der Waals surface area contributed by atoms with E-state index in [0.29, 0.717) is 32.7 Å². The topological polar surface area (TPSA) is 78.5 Å². The van der Waals surface area contributed by atoms with E-state index in [4.69, 9.17) is 34.8 Å². The van der Waals surface area contributed by atoms with Crippen LogP contribution in [-0.4, -0.2) is 17.7 Å². The number of hydrogen-bond donors (Lipinski definition) is 2. The second-order valence-electron chi connectivity index (χ2n) is 7.44. The molecule has 9 heteroatoms. The summed E-state index contributed by atoms with van der Waals surface area (Å²) in [6, 6.07) is 18.3. The predicted molar refractivity (Wildman–Crippen MR) is 136 cm³/mol. The standard InChI is InChI=1S/C25H18Cl3N3O3/c1-2-14-6-9-18(10-7-14)31-24(33)21(28)22(25(31)34)29-17-5-3-4-15(12-17)23(32)30-20-11-8-16(26)13-19(20)27/h3-13,29H,2H2,1H3,(H,30,32). The van der Waals surface area contributed by atoms with Crippen LogP contribution in [-0.2, 0) is 16.0 Å². The van der Waals surface area contributed by atoms with Crippen LogP contribution >= 0.6 is 34.8 Å². The zero-order valence-corrected chi connectivity index (χ0v) is 20.1. The summed E-state index contributed by atoms with van der Waals surface area (Å²) in [4.78, 5) is 39.4. The second kappa shape index (κ2) is 9.89. The minimum atomic E-state index is -0.621. The van der Waals surface area contributed by atoms with Crippen molar-refractivity contribution in [1.82, 2.24) is 0 Å². The lowest BCUT2D eigenvalue weighted by molar-refractivity contribution is -0.120. The lowest BCUT2D eigenvalue weighted by atomic mass is 10.1. The number of benzene rings is 3. The predicted octanol–water partition coefficient (Wildman–Crippen LogP) is 6.24. The summed E-state index contributed by atoms with van der Waals surface area (Å²) in [5.74, 6) is -1.62. The van der Waals surface area contributed by atoms with Crippen molar-refractivity contribution in [1.29, 1.82) is 0 Å². The molecule has 0 atom stereocenters. The number of imide groups is 1. The largest absolute Gasteiger partial charge is 0.350 e. The quantitative estimate of drug-likeness (QED) is 0.382. The van der Waals surface area contributed by atoms with E-state index in [0.717, 1.165) is 16.9 Å². The number of carbonyl (C=O) groups excluding carboxylic acids is 3. The van der Waals surface area contributed by atoms with Crippen molar-refractivity contribution in [2.24, 2.45) is 0 Å². The van der Waals surface area contributed by atoms with Gasteiger partial charge in [-0.2, -0.15) is 0 Å². The Morgan fingerprint density at radius 1 is 0.912 bits per heavy atom. The maximum absolute atomic E-state index is 13.0. The van der Waals surface area contributed by atoms with Crippen LogP contribution in [0.25, 0.3) is 0 Å². The van der Waals surface area contributed by atoms with Crippen LogP contribution in [0, 0.1) is 0 Å². The fourth-order valence-electron chi connectivity index (χ4n) is 3.39. The molecular weight excluding hydrogens is 497 g/mol. The van der Waals surface area contributed by atoms with Gasteiger partial charge in [0.15, 0.2) is 0 Å². The van der Waals surface area contributed by atoms with E-state index in [2.05, 4.69) is 10.6 Å². The molecule has 0 unspecified atom stereocenters. The minimum absolute atomic E-state index is 0.0652. The van der Waals surface area contributed by atoms with Gasteiger partial charge in [-0.15, -0.1) is 0 Å². The van der Waals surface area contributed by atoms with Crippen molar-refractivity contribution in [2.45, 2.75) is 13.3 Å². The van der Waals surface area contributed by atoms with Crippen LogP contribution in [0.5, 0.6) is 0 Å². The van der Waals surface area contributed by atoms with E-state index >= 15 is 0 Å². The Labute approximate surface area is 211 Å². The van der Waals surface area contributed by atoms with Crippen LogP contribution in [0.3, 0.4) is 0 Å². The van der Waals surface area contributed by atoms with Gasteiger partial charge < -0.3 is 10.6 Å². The summed E-state index contributed by atoms with van der Waals surface area (Å²) in [6.07, 6.45) is 0.835. The molecule has 0 saturated carbocycles. The van der Waals surface area contributed by atoms with Gasteiger partial charge in [-0.3, -0.25) is 14.4 Å². The van der Waals surface area contributed by atoms with Crippen molar-refractivity contribution in [3.05, 3.63) is 98.6 Å². The van der Waals surface area contributed by atoms with E-state index < -0.39 is 17.7 Å². The number of hydrogen-bond acceptors (Lipinski definition) is 4. The number of anilines is 3. The van der Waals surface area contributed by atoms with Crippen molar-refractivity contribution in [3.63, 3.8) is 0 Å². The molecule has 1 aliphatic heterocycles. The number of nitrogens with one attached hydrogen (secondary N) is 2. The molecule has 0 saturated heterocycles. The third kappa shape index (κ3) is 4.80. The highest BCUT2D eigenvalue weighted by atomic mass is 35.5. The second-order valence-corrected chi connectivity index (χ2v) is 8.66. The van der Waals surface area contributed by atoms with Gasteiger partial charge in [-0.1, -0.05) is 59.9 Å². The van der Waals surface area contributed by atoms with Gasteiger partial charge in [0.25, 0.3) is 17.7 Å². The third-order valence-electron chi connectivity index (χ3n) is 5.20. The van der Waals surface area contributed by atoms with E-state index in [9.17, 15) is 14.4 Å². The lowest BCUT2D eigenvalue weighted by Gasteiger charge is -2.15. The molecule has 172 valence electrons. The average molecular weight is 515 g/mol. The molecule has 34 heavy (non-hydrogen) atoms. The molecule has 0 radical (unpaired) electrons. The van der Waals surface area contributed by atoms with Crippen molar-refractivity contribution < 1.29 is 14.4 Å². The molecule has 0 spiro atoms. The third-order valence-corrected chi connectivity index (χ3v) is 6.10. The summed E-state index contributed by atoms with van der Waals surface area (Å²) in [5.41, 5.74) is 2.56. The molecule has 1 aliphatic rings. The highest BCUT2D eigenvalue weighted by molar-refractivity contribution is 6.53. The monoisotopic (exact) mass is 513 g/mol. The molecule has 3 amide bonds. The van der Waals surface area contributed by atoms with Gasteiger partial charge >= 0.3 is 0 Å². The Kier molecular flexibility index (Phi) is 6.93. The van der Waals surface area contributed by atoms with Gasteiger partial charge in [0, 0.05) is 16.3 Å². The maximum atomic E-state index is 13.0. The number of aryl methyl sites for hydroxylation is 1. The molecule has 0 fully saturated rings. The highest BCUT2D eigenvalue weighted by Crippen LogP contribution is 2.31. The molecule has 0 aromatic heterocycles. The van der Waals surface area contributed by atoms with Gasteiger partial charge in [0.05, 0.1) is 16.4 Å². The molecule has 0 bridgehead atoms. The molecule has 3 aromatic carbocycles. The normalized spacial score (nSPS) is 13.5. The molecule has 4 rings (SSSR count). The van der Waals surface area contributed by atoms with E-state index in [1.807, 2.05) is 19.1 Å². The molecule has 0 aliphatic carbocycles. The van der Waals surface area contributed by atoms with E-state index in [-0.39, 0.29) is 10.7 Å². The molecular formula is C25H18Cl3N3O3. The Bertz CT molecular complexity index is 1340. The van der Waals surface area contributed by atoms with Gasteiger partial charge in [0.1, 0.15) is 10.7 Å². The van der Waals surface area contributed by atoms with Crippen LogP contribution in [0.4, 0.5) is 17.1 Å². The molecule has 1 heterocycles. The molecule has 6 nitrogen and oxygen atoms in total. The first kappa shape index (κ1) is 23.8. The lowest BCUT2D eigenvalue weighted by Crippen LogP contribution is -2.32. The van der Waals surface area contributed by atoms with Gasteiger partial charge in [-0.05, 0) is 60.5 Å². The highest BCUT2D eigenvalue weighted by Gasteiger charge is 2.39. The Morgan fingerprint density at radius 2 is 1.65 bits per heavy atom. The summed E-state index contributed by atoms with van der Waals surface area (Å²) in [6.45, 7) is 2.01.